The number of hydrogen-bond acceptors (Lipinski definition) is 5. The number of benzene rings is 2. The van der Waals surface area contributed by atoms with Crippen LogP contribution in [0.25, 0.3) is 0 Å². The first-order valence-corrected chi connectivity index (χ1v) is 11.9. The third kappa shape index (κ3) is 5.48. The van der Waals surface area contributed by atoms with E-state index < -0.39 is 5.56 Å². The molecule has 178 valence electrons. The minimum Gasteiger partial charge on any atom is -0.455 e. The van der Waals surface area contributed by atoms with Crippen LogP contribution < -0.4 is 15.8 Å². The molecule has 1 fully saturated rings. The molecule has 1 heterocycles. The van der Waals surface area contributed by atoms with E-state index in [0.29, 0.717) is 18.1 Å². The Bertz CT molecular complexity index is 1270. The maximum absolute atomic E-state index is 13.0. The molecule has 1 atom stereocenters. The standard InChI is InChI=1S/C26H29ClN4O3/c1-16-7-8-18(11-17(16)2)12-21(14-27)29-25(30-33)24-23(15-28-31(3)26(24)32)34-22-6-4-5-20(13-22)19-9-10-19/h4-8,11,13,15,19,21,33H,9-10,12,14H2,1-3H3,(H,29,30). The van der Waals surface area contributed by atoms with Crippen LogP contribution in [0, 0.1) is 13.8 Å². The number of nitrogens with one attached hydrogen (secondary N) is 1. The van der Waals surface area contributed by atoms with Crippen molar-refractivity contribution in [3.8, 4) is 11.5 Å². The lowest BCUT2D eigenvalue weighted by Gasteiger charge is -2.16. The predicted molar refractivity (Wildman–Crippen MR) is 134 cm³/mol. The molecule has 0 bridgehead atoms. The number of hydroxylamine groups is 1. The zero-order valence-corrected chi connectivity index (χ0v) is 20.3. The molecule has 1 aromatic heterocycles. The van der Waals surface area contributed by atoms with Gasteiger partial charge in [-0.3, -0.25) is 20.5 Å². The summed E-state index contributed by atoms with van der Waals surface area (Å²) in [6.07, 6.45) is 4.36. The number of aliphatic imine (C=N–C) groups is 1. The molecular weight excluding hydrogens is 452 g/mol. The van der Waals surface area contributed by atoms with Crippen molar-refractivity contribution in [2.75, 3.05) is 5.88 Å². The van der Waals surface area contributed by atoms with Gasteiger partial charge < -0.3 is 4.74 Å². The largest absolute Gasteiger partial charge is 0.455 e. The van der Waals surface area contributed by atoms with E-state index in [-0.39, 0.29) is 29.1 Å². The van der Waals surface area contributed by atoms with Crippen molar-refractivity contribution >= 4 is 17.4 Å². The number of aryl methyl sites for hydroxylation is 3. The molecule has 3 aromatic rings. The summed E-state index contributed by atoms with van der Waals surface area (Å²) >= 11 is 6.23. The first-order chi connectivity index (χ1) is 16.4. The van der Waals surface area contributed by atoms with E-state index >= 15 is 0 Å². The lowest BCUT2D eigenvalue weighted by Crippen LogP contribution is -2.34. The molecule has 8 heteroatoms. The second kappa shape index (κ2) is 10.4. The molecule has 0 aliphatic heterocycles. The van der Waals surface area contributed by atoms with Gasteiger partial charge in [-0.25, -0.2) is 4.68 Å². The van der Waals surface area contributed by atoms with Gasteiger partial charge in [0.25, 0.3) is 5.56 Å². The lowest BCUT2D eigenvalue weighted by atomic mass is 10.0. The van der Waals surface area contributed by atoms with Gasteiger partial charge in [0.05, 0.1) is 12.2 Å². The molecule has 0 radical (unpaired) electrons. The first-order valence-electron chi connectivity index (χ1n) is 11.3. The molecule has 7 nitrogen and oxygen atoms in total. The van der Waals surface area contributed by atoms with Gasteiger partial charge >= 0.3 is 0 Å². The Kier molecular flexibility index (Phi) is 7.34. The molecule has 34 heavy (non-hydrogen) atoms. The van der Waals surface area contributed by atoms with Crippen molar-refractivity contribution in [3.05, 3.63) is 86.8 Å². The summed E-state index contributed by atoms with van der Waals surface area (Å²) in [7, 11) is 1.53. The molecular formula is C26H29ClN4O3. The summed E-state index contributed by atoms with van der Waals surface area (Å²) in [5, 5.41) is 14.0. The molecule has 4 rings (SSSR count). The Labute approximate surface area is 204 Å². The highest BCUT2D eigenvalue weighted by atomic mass is 35.5. The minimum atomic E-state index is -0.448. The van der Waals surface area contributed by atoms with Gasteiger partial charge in [0.2, 0.25) is 0 Å². The van der Waals surface area contributed by atoms with Crippen LogP contribution in [0.1, 0.15) is 46.6 Å². The fraction of sp³-hybridized carbons (Fsp3) is 0.346. The molecule has 1 aliphatic carbocycles. The summed E-state index contributed by atoms with van der Waals surface area (Å²) in [6.45, 7) is 4.12. The van der Waals surface area contributed by atoms with Crippen LogP contribution in [-0.2, 0) is 13.5 Å². The minimum absolute atomic E-state index is 0.00849. The van der Waals surface area contributed by atoms with Crippen LogP contribution in [0.2, 0.25) is 0 Å². The molecule has 2 aromatic carbocycles. The van der Waals surface area contributed by atoms with Gasteiger partial charge in [-0.2, -0.15) is 5.10 Å². The number of ether oxygens (including phenoxy) is 1. The third-order valence-corrected chi connectivity index (χ3v) is 6.47. The van der Waals surface area contributed by atoms with E-state index in [1.54, 1.807) is 0 Å². The average Bonchev–Trinajstić information content (AvgIpc) is 3.68. The van der Waals surface area contributed by atoms with Gasteiger partial charge in [-0.1, -0.05) is 30.3 Å². The Balaban J connectivity index is 1.67. The van der Waals surface area contributed by atoms with E-state index in [9.17, 15) is 10.0 Å². The molecule has 1 saturated carbocycles. The van der Waals surface area contributed by atoms with Crippen molar-refractivity contribution in [2.24, 2.45) is 12.0 Å². The number of aromatic nitrogens is 2. The monoisotopic (exact) mass is 480 g/mol. The topological polar surface area (TPSA) is 88.7 Å². The number of hydrogen-bond donors (Lipinski definition) is 2. The second-order valence-electron chi connectivity index (χ2n) is 8.78. The van der Waals surface area contributed by atoms with Crippen LogP contribution in [0.5, 0.6) is 11.5 Å². The number of nitrogens with zero attached hydrogens (tertiary/aromatic N) is 3. The summed E-state index contributed by atoms with van der Waals surface area (Å²) in [4.78, 5) is 17.6. The number of amidine groups is 1. The zero-order chi connectivity index (χ0) is 24.2. The van der Waals surface area contributed by atoms with Gasteiger partial charge in [0, 0.05) is 12.9 Å². The van der Waals surface area contributed by atoms with Crippen LogP contribution in [0.4, 0.5) is 0 Å². The molecule has 1 unspecified atom stereocenters. The smallest absolute Gasteiger partial charge is 0.281 e. The van der Waals surface area contributed by atoms with Gasteiger partial charge in [0.15, 0.2) is 11.6 Å². The molecule has 2 N–H and O–H groups in total. The highest BCUT2D eigenvalue weighted by molar-refractivity contribution is 6.18. The number of halogens is 1. The highest BCUT2D eigenvalue weighted by Gasteiger charge is 2.24. The maximum Gasteiger partial charge on any atom is 0.281 e. The Hall–Kier alpha value is -3.16. The molecule has 0 spiro atoms. The van der Waals surface area contributed by atoms with Gasteiger partial charge in [0.1, 0.15) is 11.3 Å². The van der Waals surface area contributed by atoms with Crippen molar-refractivity contribution in [3.63, 3.8) is 0 Å². The van der Waals surface area contributed by atoms with Crippen LogP contribution in [0.15, 0.2) is 58.4 Å². The Morgan fingerprint density at radius 1 is 1.26 bits per heavy atom. The molecule has 0 saturated heterocycles. The van der Waals surface area contributed by atoms with Gasteiger partial charge in [-0.15, -0.1) is 11.6 Å². The van der Waals surface area contributed by atoms with Crippen molar-refractivity contribution in [1.82, 2.24) is 15.3 Å². The summed E-state index contributed by atoms with van der Waals surface area (Å²) in [6, 6.07) is 13.6. The maximum atomic E-state index is 13.0. The molecule has 0 amide bonds. The van der Waals surface area contributed by atoms with Crippen molar-refractivity contribution in [2.45, 2.75) is 45.1 Å². The van der Waals surface area contributed by atoms with Crippen molar-refractivity contribution in [1.29, 1.82) is 0 Å². The van der Waals surface area contributed by atoms with E-state index in [2.05, 4.69) is 47.6 Å². The molecule has 1 aliphatic rings. The fourth-order valence-electron chi connectivity index (χ4n) is 3.86. The Morgan fingerprint density at radius 2 is 2.06 bits per heavy atom. The van der Waals surface area contributed by atoms with E-state index in [1.165, 1.54) is 47.5 Å². The van der Waals surface area contributed by atoms with E-state index in [1.807, 2.05) is 24.3 Å². The lowest BCUT2D eigenvalue weighted by molar-refractivity contribution is 0.233. The van der Waals surface area contributed by atoms with Crippen molar-refractivity contribution < 1.29 is 9.94 Å². The summed E-state index contributed by atoms with van der Waals surface area (Å²) in [5.41, 5.74) is 6.41. The average molecular weight is 481 g/mol. The first kappa shape index (κ1) is 24.0. The third-order valence-electron chi connectivity index (χ3n) is 6.11. The normalized spacial score (nSPS) is 14.7. The van der Waals surface area contributed by atoms with E-state index in [4.69, 9.17) is 16.3 Å². The number of alkyl halides is 1. The second-order valence-corrected chi connectivity index (χ2v) is 9.09. The van der Waals surface area contributed by atoms with Crippen LogP contribution in [0.3, 0.4) is 0 Å². The van der Waals surface area contributed by atoms with Crippen LogP contribution in [-0.4, -0.2) is 32.7 Å². The zero-order valence-electron chi connectivity index (χ0n) is 19.6. The predicted octanol–water partition coefficient (Wildman–Crippen LogP) is 4.64. The van der Waals surface area contributed by atoms with Gasteiger partial charge in [-0.05, 0) is 73.4 Å². The highest BCUT2D eigenvalue weighted by Crippen LogP contribution is 2.41. The summed E-state index contributed by atoms with van der Waals surface area (Å²) in [5.74, 6) is 1.57. The summed E-state index contributed by atoms with van der Waals surface area (Å²) < 4.78 is 7.24. The van der Waals surface area contributed by atoms with Crippen LogP contribution >= 0.6 is 11.6 Å². The quantitative estimate of drug-likeness (QED) is 0.212. The SMILES string of the molecule is Cc1ccc(CC(CCl)N=C(NO)c2c(Oc3cccc(C4CC4)c3)cnn(C)c2=O)cc1C. The fourth-order valence-corrected chi connectivity index (χ4v) is 4.04. The number of rotatable bonds is 8. The Morgan fingerprint density at radius 3 is 2.74 bits per heavy atom. The van der Waals surface area contributed by atoms with E-state index in [0.717, 1.165) is 5.56 Å².